The number of hydrogen-bond acceptors (Lipinski definition) is 1. The molecule has 0 N–H and O–H groups in total. The van der Waals surface area contributed by atoms with Crippen LogP contribution in [0.5, 0.6) is 0 Å². The predicted octanol–water partition coefficient (Wildman–Crippen LogP) is 14.9. The van der Waals surface area contributed by atoms with Crippen LogP contribution < -0.4 is 4.90 Å². The van der Waals surface area contributed by atoms with Gasteiger partial charge in [0, 0.05) is 33.5 Å². The number of nitrogens with zero attached hydrogens (tertiary/aromatic N) is 2. The Kier molecular flexibility index (Phi) is 10.2. The summed E-state index contributed by atoms with van der Waals surface area (Å²) in [6.07, 6.45) is 7.12. The maximum atomic E-state index is 2.41. The maximum absolute atomic E-state index is 2.41. The molecule has 7 aromatic carbocycles. The van der Waals surface area contributed by atoms with Crippen LogP contribution in [0.15, 0.2) is 158 Å². The highest BCUT2D eigenvalue weighted by Gasteiger charge is 2.16. The summed E-state index contributed by atoms with van der Waals surface area (Å²) < 4.78 is 2.41. The summed E-state index contributed by atoms with van der Waals surface area (Å²) in [6, 6.07) is 58.9. The molecule has 1 heterocycles. The third kappa shape index (κ3) is 7.22. The molecule has 0 radical (unpaired) electrons. The lowest BCUT2D eigenvalue weighted by atomic mass is 10.0. The molecule has 0 atom stereocenters. The van der Waals surface area contributed by atoms with E-state index in [1.165, 1.54) is 109 Å². The zero-order valence-corrected chi connectivity index (χ0v) is 32.1. The molecule has 0 spiro atoms. The summed E-state index contributed by atoms with van der Waals surface area (Å²) in [7, 11) is 0. The van der Waals surface area contributed by atoms with Crippen LogP contribution in [-0.4, -0.2) is 4.57 Å². The fourth-order valence-corrected chi connectivity index (χ4v) is 7.86. The van der Waals surface area contributed by atoms with Gasteiger partial charge in [-0.15, -0.1) is 0 Å². The molecule has 0 aliphatic heterocycles. The van der Waals surface area contributed by atoms with Gasteiger partial charge in [-0.3, -0.25) is 0 Å². The summed E-state index contributed by atoms with van der Waals surface area (Å²) in [5.41, 5.74) is 17.4. The Balaban J connectivity index is 1.11. The standard InChI is InChI=1S/C52H50N2/c1-5-7-11-39-15-24-45(25-16-39)53(46-26-17-40(18-27-46)12-8-6-2)47-28-19-41(20-29-47)42-21-30-48(31-22-42)54-51-32-14-38(4)35-49(51)50-36-44(23-33-52(50)54)43-13-9-10-37(3)34-43/h9-10,13-36H,5-8,11-12H2,1-4H3. The van der Waals surface area contributed by atoms with Crippen molar-refractivity contribution in [1.29, 1.82) is 0 Å². The van der Waals surface area contributed by atoms with Crippen molar-refractivity contribution in [2.24, 2.45) is 0 Å². The van der Waals surface area contributed by atoms with Gasteiger partial charge in [0.2, 0.25) is 0 Å². The number of aromatic nitrogens is 1. The quantitative estimate of drug-likeness (QED) is 0.123. The largest absolute Gasteiger partial charge is 0.311 e. The van der Waals surface area contributed by atoms with Gasteiger partial charge in [-0.05, 0) is 146 Å². The van der Waals surface area contributed by atoms with Gasteiger partial charge in [-0.2, -0.15) is 0 Å². The Morgan fingerprint density at radius 1 is 0.426 bits per heavy atom. The van der Waals surface area contributed by atoms with Crippen molar-refractivity contribution in [2.45, 2.75) is 66.2 Å². The Bertz CT molecular complexity index is 2450. The van der Waals surface area contributed by atoms with Gasteiger partial charge in [0.05, 0.1) is 11.0 Å². The summed E-state index contributed by atoms with van der Waals surface area (Å²) in [5, 5.41) is 2.57. The molecular weight excluding hydrogens is 653 g/mol. The molecule has 54 heavy (non-hydrogen) atoms. The van der Waals surface area contributed by atoms with Crippen LogP contribution in [0.1, 0.15) is 61.8 Å². The Morgan fingerprint density at radius 2 is 0.889 bits per heavy atom. The Morgan fingerprint density at radius 3 is 1.44 bits per heavy atom. The van der Waals surface area contributed by atoms with Crippen LogP contribution in [0, 0.1) is 13.8 Å². The first-order chi connectivity index (χ1) is 26.5. The summed E-state index contributed by atoms with van der Waals surface area (Å²) in [4.78, 5) is 2.38. The van der Waals surface area contributed by atoms with Crippen LogP contribution in [0.2, 0.25) is 0 Å². The molecule has 0 fully saturated rings. The van der Waals surface area contributed by atoms with Crippen molar-refractivity contribution in [2.75, 3.05) is 4.90 Å². The van der Waals surface area contributed by atoms with E-state index in [-0.39, 0.29) is 0 Å². The normalized spacial score (nSPS) is 11.4. The average molecular weight is 703 g/mol. The van der Waals surface area contributed by atoms with E-state index in [9.17, 15) is 0 Å². The number of anilines is 3. The zero-order valence-electron chi connectivity index (χ0n) is 32.1. The van der Waals surface area contributed by atoms with Crippen molar-refractivity contribution in [3.63, 3.8) is 0 Å². The minimum absolute atomic E-state index is 1.13. The lowest BCUT2D eigenvalue weighted by Gasteiger charge is -2.26. The fourth-order valence-electron chi connectivity index (χ4n) is 7.86. The van der Waals surface area contributed by atoms with E-state index < -0.39 is 0 Å². The molecule has 1 aromatic heterocycles. The number of benzene rings is 7. The molecule has 0 amide bonds. The van der Waals surface area contributed by atoms with E-state index in [1.54, 1.807) is 0 Å². The second-order valence-corrected chi connectivity index (χ2v) is 14.9. The summed E-state index contributed by atoms with van der Waals surface area (Å²) in [5.74, 6) is 0. The van der Waals surface area contributed by atoms with E-state index in [1.807, 2.05) is 0 Å². The van der Waals surface area contributed by atoms with Gasteiger partial charge in [0.15, 0.2) is 0 Å². The summed E-state index contributed by atoms with van der Waals surface area (Å²) in [6.45, 7) is 8.85. The van der Waals surface area contributed by atoms with Crippen LogP contribution in [0.25, 0.3) is 49.7 Å². The molecule has 0 bridgehead atoms. The molecule has 8 rings (SSSR count). The zero-order chi connectivity index (χ0) is 37.0. The van der Waals surface area contributed by atoms with Crippen molar-refractivity contribution < 1.29 is 0 Å². The second-order valence-electron chi connectivity index (χ2n) is 14.9. The van der Waals surface area contributed by atoms with Gasteiger partial charge in [-0.25, -0.2) is 0 Å². The first kappa shape index (κ1) is 35.2. The van der Waals surface area contributed by atoms with Crippen molar-refractivity contribution in [3.05, 3.63) is 180 Å². The molecule has 0 saturated heterocycles. The number of hydrogen-bond donors (Lipinski definition) is 0. The number of rotatable bonds is 12. The van der Waals surface area contributed by atoms with Gasteiger partial charge < -0.3 is 9.47 Å². The fraction of sp³-hybridized carbons (Fsp3) is 0.192. The third-order valence-corrected chi connectivity index (χ3v) is 10.9. The van der Waals surface area contributed by atoms with Gasteiger partial charge in [0.25, 0.3) is 0 Å². The molecule has 0 aliphatic carbocycles. The minimum atomic E-state index is 1.13. The van der Waals surface area contributed by atoms with E-state index in [2.05, 4.69) is 195 Å². The second kappa shape index (κ2) is 15.6. The highest BCUT2D eigenvalue weighted by molar-refractivity contribution is 6.10. The van der Waals surface area contributed by atoms with E-state index >= 15 is 0 Å². The molecule has 0 unspecified atom stereocenters. The van der Waals surface area contributed by atoms with E-state index in [4.69, 9.17) is 0 Å². The van der Waals surface area contributed by atoms with Crippen LogP contribution >= 0.6 is 0 Å². The molecule has 0 aliphatic rings. The van der Waals surface area contributed by atoms with Gasteiger partial charge in [-0.1, -0.05) is 123 Å². The molecule has 268 valence electrons. The Labute approximate surface area is 321 Å². The first-order valence-electron chi connectivity index (χ1n) is 19.8. The molecule has 2 nitrogen and oxygen atoms in total. The number of unbranched alkanes of at least 4 members (excludes halogenated alkanes) is 2. The SMILES string of the molecule is CCCCc1ccc(N(c2ccc(CCCC)cc2)c2ccc(-c3ccc(-n4c5ccc(C)cc5c5cc(-c6cccc(C)c6)ccc54)cc3)cc2)cc1. The topological polar surface area (TPSA) is 8.17 Å². The first-order valence-corrected chi connectivity index (χ1v) is 19.8. The van der Waals surface area contributed by atoms with Crippen molar-refractivity contribution in [3.8, 4) is 27.9 Å². The van der Waals surface area contributed by atoms with E-state index in [0.717, 1.165) is 18.5 Å². The number of fused-ring (bicyclic) bond motifs is 3. The molecule has 8 aromatic rings. The molecule has 2 heteroatoms. The highest BCUT2D eigenvalue weighted by Crippen LogP contribution is 2.38. The van der Waals surface area contributed by atoms with Crippen molar-refractivity contribution >= 4 is 38.9 Å². The predicted molar refractivity (Wildman–Crippen MR) is 233 cm³/mol. The molecular formula is C52H50N2. The minimum Gasteiger partial charge on any atom is -0.311 e. The highest BCUT2D eigenvalue weighted by atomic mass is 15.1. The van der Waals surface area contributed by atoms with Crippen LogP contribution in [0.4, 0.5) is 17.1 Å². The lowest BCUT2D eigenvalue weighted by Crippen LogP contribution is -2.10. The smallest absolute Gasteiger partial charge is 0.0541 e. The van der Waals surface area contributed by atoms with Gasteiger partial charge >= 0.3 is 0 Å². The van der Waals surface area contributed by atoms with E-state index in [0.29, 0.717) is 0 Å². The summed E-state index contributed by atoms with van der Waals surface area (Å²) >= 11 is 0. The monoisotopic (exact) mass is 702 g/mol. The molecule has 0 saturated carbocycles. The maximum Gasteiger partial charge on any atom is 0.0541 e. The third-order valence-electron chi connectivity index (χ3n) is 10.9. The van der Waals surface area contributed by atoms with Gasteiger partial charge in [0.1, 0.15) is 0 Å². The van der Waals surface area contributed by atoms with Crippen LogP contribution in [0.3, 0.4) is 0 Å². The number of aryl methyl sites for hydroxylation is 4. The lowest BCUT2D eigenvalue weighted by molar-refractivity contribution is 0.795. The van der Waals surface area contributed by atoms with Crippen molar-refractivity contribution in [1.82, 2.24) is 4.57 Å². The van der Waals surface area contributed by atoms with Crippen LogP contribution in [-0.2, 0) is 12.8 Å². The average Bonchev–Trinajstić information content (AvgIpc) is 3.53. The Hall–Kier alpha value is -5.86.